The van der Waals surface area contributed by atoms with Crippen molar-refractivity contribution in [3.05, 3.63) is 70.2 Å². The second kappa shape index (κ2) is 8.94. The van der Waals surface area contributed by atoms with Gasteiger partial charge < -0.3 is 10.1 Å². The van der Waals surface area contributed by atoms with Gasteiger partial charge in [-0.25, -0.2) is 0 Å². The van der Waals surface area contributed by atoms with Crippen molar-refractivity contribution < 1.29 is 9.53 Å². The Hall–Kier alpha value is -1.95. The first-order valence-electron chi connectivity index (χ1n) is 8.33. The van der Waals surface area contributed by atoms with Crippen molar-refractivity contribution in [2.24, 2.45) is 0 Å². The van der Waals surface area contributed by atoms with E-state index in [0.717, 1.165) is 48.6 Å². The summed E-state index contributed by atoms with van der Waals surface area (Å²) in [5.74, 6) is -0.140. The summed E-state index contributed by atoms with van der Waals surface area (Å²) in [6.07, 6.45) is 3.35. The van der Waals surface area contributed by atoms with Crippen LogP contribution in [0.4, 0.5) is 5.69 Å². The van der Waals surface area contributed by atoms with Gasteiger partial charge in [0.05, 0.1) is 13.2 Å². The molecule has 0 spiro atoms. The zero-order chi connectivity index (χ0) is 17.5. The highest BCUT2D eigenvalue weighted by atomic mass is 79.9. The van der Waals surface area contributed by atoms with Crippen molar-refractivity contribution in [3.63, 3.8) is 0 Å². The monoisotopic (exact) mass is 400 g/mol. The summed E-state index contributed by atoms with van der Waals surface area (Å²) in [5, 5.41) is 2.93. The number of morpholine rings is 1. The molecule has 4 nitrogen and oxygen atoms in total. The summed E-state index contributed by atoms with van der Waals surface area (Å²) in [6.45, 7) is 4.35. The second-order valence-electron chi connectivity index (χ2n) is 5.93. The van der Waals surface area contributed by atoms with Crippen LogP contribution in [0, 0.1) is 0 Å². The Balaban J connectivity index is 1.59. The van der Waals surface area contributed by atoms with Crippen molar-refractivity contribution in [3.8, 4) is 0 Å². The quantitative estimate of drug-likeness (QED) is 0.772. The minimum absolute atomic E-state index is 0.140. The second-order valence-corrected chi connectivity index (χ2v) is 6.79. The number of benzene rings is 2. The van der Waals surface area contributed by atoms with E-state index in [1.165, 1.54) is 5.56 Å². The van der Waals surface area contributed by atoms with Crippen LogP contribution in [0.2, 0.25) is 0 Å². The molecule has 130 valence electrons. The standard InChI is InChI=1S/C20H21BrN2O2/c21-19-7-2-1-5-17(19)8-9-20(24)22-18-6-3-4-16(14-18)15-23-10-12-25-13-11-23/h1-9,14H,10-13,15H2,(H,22,24)/b9-8+. The lowest BCUT2D eigenvalue weighted by atomic mass is 10.1. The van der Waals surface area contributed by atoms with Crippen molar-refractivity contribution >= 4 is 33.6 Å². The summed E-state index contributed by atoms with van der Waals surface area (Å²) in [5.41, 5.74) is 2.97. The van der Waals surface area contributed by atoms with E-state index in [9.17, 15) is 4.79 Å². The maximum Gasteiger partial charge on any atom is 0.248 e. The first-order valence-corrected chi connectivity index (χ1v) is 9.13. The van der Waals surface area contributed by atoms with E-state index < -0.39 is 0 Å². The number of halogens is 1. The number of hydrogen-bond acceptors (Lipinski definition) is 3. The number of amides is 1. The van der Waals surface area contributed by atoms with Gasteiger partial charge in [0.15, 0.2) is 0 Å². The highest BCUT2D eigenvalue weighted by Gasteiger charge is 2.11. The molecule has 2 aromatic carbocycles. The molecule has 1 heterocycles. The molecule has 0 atom stereocenters. The minimum Gasteiger partial charge on any atom is -0.379 e. The van der Waals surface area contributed by atoms with E-state index >= 15 is 0 Å². The fraction of sp³-hybridized carbons (Fsp3) is 0.250. The first kappa shape index (κ1) is 17.9. The Bertz CT molecular complexity index is 755. The Morgan fingerprint density at radius 2 is 1.96 bits per heavy atom. The van der Waals surface area contributed by atoms with Gasteiger partial charge in [-0.1, -0.05) is 46.3 Å². The number of ether oxygens (including phenoxy) is 1. The third-order valence-corrected chi connectivity index (χ3v) is 4.75. The Morgan fingerprint density at radius 1 is 1.16 bits per heavy atom. The Kier molecular flexibility index (Phi) is 6.39. The van der Waals surface area contributed by atoms with Gasteiger partial charge in [-0.15, -0.1) is 0 Å². The van der Waals surface area contributed by atoms with E-state index in [2.05, 4.69) is 32.2 Å². The van der Waals surface area contributed by atoms with Gasteiger partial charge in [0.2, 0.25) is 5.91 Å². The average molecular weight is 401 g/mol. The number of nitrogens with zero attached hydrogens (tertiary/aromatic N) is 1. The first-order chi connectivity index (χ1) is 12.2. The van der Waals surface area contributed by atoms with Crippen LogP contribution in [0.25, 0.3) is 6.08 Å². The van der Waals surface area contributed by atoms with Crippen LogP contribution < -0.4 is 5.32 Å². The minimum atomic E-state index is -0.140. The zero-order valence-corrected chi connectivity index (χ0v) is 15.5. The summed E-state index contributed by atoms with van der Waals surface area (Å²) in [6, 6.07) is 15.8. The molecule has 0 saturated carbocycles. The molecule has 2 aromatic rings. The molecule has 25 heavy (non-hydrogen) atoms. The van der Waals surface area contributed by atoms with Gasteiger partial charge >= 0.3 is 0 Å². The molecule has 1 N–H and O–H groups in total. The molecule has 0 bridgehead atoms. The van der Waals surface area contributed by atoms with Crippen LogP contribution >= 0.6 is 15.9 Å². The van der Waals surface area contributed by atoms with Crippen molar-refractivity contribution in [1.82, 2.24) is 4.90 Å². The zero-order valence-electron chi connectivity index (χ0n) is 14.0. The molecule has 5 heteroatoms. The molecule has 3 rings (SSSR count). The van der Waals surface area contributed by atoms with Crippen LogP contribution in [0.15, 0.2) is 59.1 Å². The molecular weight excluding hydrogens is 380 g/mol. The van der Waals surface area contributed by atoms with Crippen LogP contribution in [0.3, 0.4) is 0 Å². The van der Waals surface area contributed by atoms with Crippen LogP contribution in [0.1, 0.15) is 11.1 Å². The summed E-state index contributed by atoms with van der Waals surface area (Å²) < 4.78 is 6.34. The van der Waals surface area contributed by atoms with Gasteiger partial charge in [-0.05, 0) is 35.4 Å². The number of nitrogens with one attached hydrogen (secondary N) is 1. The maximum atomic E-state index is 12.2. The lowest BCUT2D eigenvalue weighted by Crippen LogP contribution is -2.35. The van der Waals surface area contributed by atoms with Gasteiger partial charge in [-0.3, -0.25) is 9.69 Å². The van der Waals surface area contributed by atoms with Crippen molar-refractivity contribution in [2.45, 2.75) is 6.54 Å². The van der Waals surface area contributed by atoms with E-state index in [-0.39, 0.29) is 5.91 Å². The van der Waals surface area contributed by atoms with Gasteiger partial charge in [0.25, 0.3) is 0 Å². The summed E-state index contributed by atoms with van der Waals surface area (Å²) >= 11 is 3.47. The number of carbonyl (C=O) groups is 1. The van der Waals surface area contributed by atoms with Crippen LogP contribution in [-0.4, -0.2) is 37.1 Å². The summed E-state index contributed by atoms with van der Waals surface area (Å²) in [4.78, 5) is 14.5. The van der Waals surface area contributed by atoms with Gasteiger partial charge in [-0.2, -0.15) is 0 Å². The smallest absolute Gasteiger partial charge is 0.248 e. The third kappa shape index (κ3) is 5.53. The predicted molar refractivity (Wildman–Crippen MR) is 104 cm³/mol. The van der Waals surface area contributed by atoms with Crippen LogP contribution in [-0.2, 0) is 16.1 Å². The SMILES string of the molecule is O=C(/C=C/c1ccccc1Br)Nc1cccc(CN2CCOCC2)c1. The fourth-order valence-corrected chi connectivity index (χ4v) is 3.14. The molecule has 0 aromatic heterocycles. The van der Waals surface area contributed by atoms with E-state index in [1.807, 2.05) is 42.5 Å². The number of carbonyl (C=O) groups excluding carboxylic acids is 1. The normalized spacial score (nSPS) is 15.4. The highest BCUT2D eigenvalue weighted by Crippen LogP contribution is 2.17. The molecule has 0 unspecified atom stereocenters. The number of anilines is 1. The Labute approximate surface area is 156 Å². The highest BCUT2D eigenvalue weighted by molar-refractivity contribution is 9.10. The predicted octanol–water partition coefficient (Wildman–Crippen LogP) is 3.93. The molecule has 1 amide bonds. The lowest BCUT2D eigenvalue weighted by molar-refractivity contribution is -0.111. The lowest BCUT2D eigenvalue weighted by Gasteiger charge is -2.26. The van der Waals surface area contributed by atoms with Gasteiger partial charge in [0, 0.05) is 35.9 Å². The number of rotatable bonds is 5. The maximum absolute atomic E-state index is 12.2. The Morgan fingerprint density at radius 3 is 2.76 bits per heavy atom. The average Bonchev–Trinajstić information content (AvgIpc) is 2.62. The molecule has 1 saturated heterocycles. The van der Waals surface area contributed by atoms with Gasteiger partial charge in [0.1, 0.15) is 0 Å². The van der Waals surface area contributed by atoms with E-state index in [4.69, 9.17) is 4.74 Å². The molecular formula is C20H21BrN2O2. The largest absolute Gasteiger partial charge is 0.379 e. The molecule has 0 aliphatic carbocycles. The molecule has 1 aliphatic heterocycles. The van der Waals surface area contributed by atoms with E-state index in [1.54, 1.807) is 12.2 Å². The van der Waals surface area contributed by atoms with Crippen molar-refractivity contribution in [1.29, 1.82) is 0 Å². The third-order valence-electron chi connectivity index (χ3n) is 4.02. The summed E-state index contributed by atoms with van der Waals surface area (Å²) in [7, 11) is 0. The number of hydrogen-bond donors (Lipinski definition) is 1. The fourth-order valence-electron chi connectivity index (χ4n) is 2.72. The van der Waals surface area contributed by atoms with Crippen molar-refractivity contribution in [2.75, 3.05) is 31.6 Å². The molecule has 1 fully saturated rings. The molecule has 0 radical (unpaired) electrons. The van der Waals surface area contributed by atoms with E-state index in [0.29, 0.717) is 0 Å². The molecule has 1 aliphatic rings. The van der Waals surface area contributed by atoms with Crippen LogP contribution in [0.5, 0.6) is 0 Å². The topological polar surface area (TPSA) is 41.6 Å².